The molecule has 15 heavy (non-hydrogen) atoms. The van der Waals surface area contributed by atoms with Crippen molar-refractivity contribution in [3.63, 3.8) is 0 Å². The zero-order valence-corrected chi connectivity index (χ0v) is 9.37. The molecule has 0 aromatic carbocycles. The maximum atomic E-state index is 11.7. The third-order valence-corrected chi connectivity index (χ3v) is 2.81. The van der Waals surface area contributed by atoms with E-state index in [0.717, 1.165) is 12.8 Å². The summed E-state index contributed by atoms with van der Waals surface area (Å²) in [6.07, 6.45) is 1.68. The number of carbonyl (C=O) groups is 2. The van der Waals surface area contributed by atoms with E-state index in [1.807, 2.05) is 20.8 Å². The average Bonchev–Trinajstić information content (AvgIpc) is 2.79. The predicted octanol–water partition coefficient (Wildman–Crippen LogP) is 0.853. The number of hydrogen-bond acceptors (Lipinski definition) is 3. The van der Waals surface area contributed by atoms with Gasteiger partial charge in [0.05, 0.1) is 0 Å². The summed E-state index contributed by atoms with van der Waals surface area (Å²) in [7, 11) is 0. The van der Waals surface area contributed by atoms with Crippen molar-refractivity contribution in [1.29, 1.82) is 0 Å². The molecule has 1 saturated heterocycles. The van der Waals surface area contributed by atoms with Gasteiger partial charge in [-0.2, -0.15) is 0 Å². The highest BCUT2D eigenvalue weighted by Crippen LogP contribution is 2.45. The fourth-order valence-corrected chi connectivity index (χ4v) is 2.00. The van der Waals surface area contributed by atoms with E-state index >= 15 is 0 Å². The smallest absolute Gasteiger partial charge is 0.329 e. The Kier molecular flexibility index (Phi) is 2.24. The van der Waals surface area contributed by atoms with Crippen molar-refractivity contribution in [2.75, 3.05) is 0 Å². The Labute approximate surface area is 89.4 Å². The summed E-state index contributed by atoms with van der Waals surface area (Å²) in [4.78, 5) is 23.1. The van der Waals surface area contributed by atoms with Gasteiger partial charge in [-0.05, 0) is 39.5 Å². The Morgan fingerprint density at radius 2 is 2.07 bits per heavy atom. The molecule has 1 aliphatic heterocycles. The minimum atomic E-state index is -0.484. The lowest BCUT2D eigenvalue weighted by molar-refractivity contribution is -0.159. The topological polar surface area (TPSA) is 55.4 Å². The molecular formula is C11H17NO3. The SMILES string of the molecule is CC(C)(C)OC(=O)[C@H]1C[C@H]2C[C@H]2C(=O)N1. The monoisotopic (exact) mass is 211 g/mol. The molecule has 1 aliphatic carbocycles. The van der Waals surface area contributed by atoms with Gasteiger partial charge in [0.2, 0.25) is 5.91 Å². The van der Waals surface area contributed by atoms with Crippen LogP contribution in [0.15, 0.2) is 0 Å². The number of ether oxygens (including phenoxy) is 1. The van der Waals surface area contributed by atoms with Gasteiger partial charge in [0.1, 0.15) is 11.6 Å². The minimum absolute atomic E-state index is 0.0158. The number of fused-ring (bicyclic) bond motifs is 1. The molecule has 0 bridgehead atoms. The molecule has 2 rings (SSSR count). The molecule has 0 radical (unpaired) electrons. The first-order valence-electron chi connectivity index (χ1n) is 5.40. The van der Waals surface area contributed by atoms with Crippen molar-refractivity contribution in [2.24, 2.45) is 11.8 Å². The van der Waals surface area contributed by atoms with E-state index in [1.54, 1.807) is 0 Å². The molecule has 2 fully saturated rings. The van der Waals surface area contributed by atoms with Gasteiger partial charge in [-0.3, -0.25) is 4.79 Å². The number of rotatable bonds is 1. The van der Waals surface area contributed by atoms with Crippen molar-refractivity contribution in [1.82, 2.24) is 5.32 Å². The Morgan fingerprint density at radius 3 is 2.60 bits per heavy atom. The van der Waals surface area contributed by atoms with Crippen LogP contribution in [-0.4, -0.2) is 23.5 Å². The molecule has 4 nitrogen and oxygen atoms in total. The van der Waals surface area contributed by atoms with Gasteiger partial charge in [0, 0.05) is 5.92 Å². The third-order valence-electron chi connectivity index (χ3n) is 2.81. The third kappa shape index (κ3) is 2.30. The summed E-state index contributed by atoms with van der Waals surface area (Å²) < 4.78 is 5.24. The van der Waals surface area contributed by atoms with Crippen LogP contribution in [0.4, 0.5) is 0 Å². The molecular weight excluding hydrogens is 194 g/mol. The molecule has 0 spiro atoms. The standard InChI is InChI=1S/C11H17NO3/c1-11(2,3)15-10(14)8-5-6-4-7(6)9(13)12-8/h6-8H,4-5H2,1-3H3,(H,12,13)/t6-,7-,8-/m1/s1. The summed E-state index contributed by atoms with van der Waals surface area (Å²) in [6, 6.07) is -0.430. The second kappa shape index (κ2) is 3.22. The van der Waals surface area contributed by atoms with Crippen molar-refractivity contribution >= 4 is 11.9 Å². The van der Waals surface area contributed by atoms with Crippen LogP contribution < -0.4 is 5.32 Å². The number of hydrogen-bond donors (Lipinski definition) is 1. The van der Waals surface area contributed by atoms with Crippen LogP contribution in [0, 0.1) is 11.8 Å². The zero-order valence-electron chi connectivity index (χ0n) is 9.37. The first-order chi connectivity index (χ1) is 6.87. The van der Waals surface area contributed by atoms with Gasteiger partial charge in [-0.1, -0.05) is 0 Å². The van der Waals surface area contributed by atoms with Gasteiger partial charge < -0.3 is 10.1 Å². The number of amides is 1. The van der Waals surface area contributed by atoms with E-state index in [0.29, 0.717) is 5.92 Å². The van der Waals surface area contributed by atoms with Crippen molar-refractivity contribution in [2.45, 2.75) is 45.3 Å². The molecule has 0 aromatic heterocycles. The Morgan fingerprint density at radius 1 is 1.40 bits per heavy atom. The fourth-order valence-electron chi connectivity index (χ4n) is 2.00. The summed E-state index contributed by atoms with van der Waals surface area (Å²) in [5.41, 5.74) is -0.484. The van der Waals surface area contributed by atoms with E-state index in [2.05, 4.69) is 5.32 Å². The van der Waals surface area contributed by atoms with Crippen LogP contribution in [0.1, 0.15) is 33.6 Å². The highest BCUT2D eigenvalue weighted by molar-refractivity contribution is 5.89. The zero-order chi connectivity index (χ0) is 11.2. The number of esters is 1. The number of nitrogens with one attached hydrogen (secondary N) is 1. The molecule has 1 saturated carbocycles. The van der Waals surface area contributed by atoms with E-state index in [4.69, 9.17) is 4.74 Å². The first kappa shape index (κ1) is 10.5. The highest BCUT2D eigenvalue weighted by Gasteiger charge is 2.50. The van der Waals surface area contributed by atoms with Crippen LogP contribution in [0.2, 0.25) is 0 Å². The quantitative estimate of drug-likeness (QED) is 0.654. The summed E-state index contributed by atoms with van der Waals surface area (Å²) in [6.45, 7) is 5.49. The Hall–Kier alpha value is -1.06. The normalized spacial score (nSPS) is 34.1. The molecule has 0 unspecified atom stereocenters. The molecule has 0 aromatic rings. The van der Waals surface area contributed by atoms with E-state index in [-0.39, 0.29) is 17.8 Å². The number of piperidine rings is 1. The lowest BCUT2D eigenvalue weighted by Crippen LogP contribution is -2.47. The average molecular weight is 211 g/mol. The molecule has 1 amide bonds. The highest BCUT2D eigenvalue weighted by atomic mass is 16.6. The second-order valence-corrected chi connectivity index (χ2v) is 5.43. The lowest BCUT2D eigenvalue weighted by Gasteiger charge is -2.26. The van der Waals surface area contributed by atoms with Crippen LogP contribution in [0.3, 0.4) is 0 Å². The molecule has 84 valence electrons. The van der Waals surface area contributed by atoms with E-state index in [9.17, 15) is 9.59 Å². The largest absolute Gasteiger partial charge is 0.458 e. The molecule has 4 heteroatoms. The Bertz CT molecular complexity index is 305. The molecule has 1 heterocycles. The van der Waals surface area contributed by atoms with Crippen LogP contribution in [0.5, 0.6) is 0 Å². The van der Waals surface area contributed by atoms with Crippen LogP contribution in [-0.2, 0) is 14.3 Å². The summed E-state index contributed by atoms with van der Waals surface area (Å²) >= 11 is 0. The predicted molar refractivity (Wildman–Crippen MR) is 54.0 cm³/mol. The van der Waals surface area contributed by atoms with Crippen LogP contribution in [0.25, 0.3) is 0 Å². The molecule has 3 atom stereocenters. The van der Waals surface area contributed by atoms with Crippen molar-refractivity contribution < 1.29 is 14.3 Å². The number of carbonyl (C=O) groups excluding carboxylic acids is 2. The van der Waals surface area contributed by atoms with Crippen LogP contribution >= 0.6 is 0 Å². The maximum Gasteiger partial charge on any atom is 0.329 e. The molecule has 2 aliphatic rings. The van der Waals surface area contributed by atoms with E-state index < -0.39 is 11.6 Å². The minimum Gasteiger partial charge on any atom is -0.458 e. The lowest BCUT2D eigenvalue weighted by atomic mass is 10.0. The molecule has 1 N–H and O–H groups in total. The van der Waals surface area contributed by atoms with Gasteiger partial charge in [-0.15, -0.1) is 0 Å². The van der Waals surface area contributed by atoms with Gasteiger partial charge >= 0.3 is 5.97 Å². The first-order valence-corrected chi connectivity index (χ1v) is 5.40. The second-order valence-electron chi connectivity index (χ2n) is 5.43. The fraction of sp³-hybridized carbons (Fsp3) is 0.818. The summed E-state index contributed by atoms with van der Waals surface area (Å²) in [5.74, 6) is 0.295. The van der Waals surface area contributed by atoms with Gasteiger partial charge in [0.25, 0.3) is 0 Å². The van der Waals surface area contributed by atoms with Crippen molar-refractivity contribution in [3.8, 4) is 0 Å². The van der Waals surface area contributed by atoms with Crippen molar-refractivity contribution in [3.05, 3.63) is 0 Å². The van der Waals surface area contributed by atoms with Gasteiger partial charge in [0.15, 0.2) is 0 Å². The van der Waals surface area contributed by atoms with Gasteiger partial charge in [-0.25, -0.2) is 4.79 Å². The summed E-state index contributed by atoms with van der Waals surface area (Å²) in [5, 5.41) is 2.72. The van der Waals surface area contributed by atoms with E-state index in [1.165, 1.54) is 0 Å². The maximum absolute atomic E-state index is 11.7. The Balaban J connectivity index is 1.93.